The van der Waals surface area contributed by atoms with E-state index in [0.717, 1.165) is 17.7 Å². The second-order valence-corrected chi connectivity index (χ2v) is 5.69. The van der Waals surface area contributed by atoms with Gasteiger partial charge in [0.1, 0.15) is 5.75 Å². The lowest BCUT2D eigenvalue weighted by Crippen LogP contribution is -2.46. The molecule has 23 heavy (non-hydrogen) atoms. The van der Waals surface area contributed by atoms with Gasteiger partial charge in [-0.05, 0) is 30.5 Å². The van der Waals surface area contributed by atoms with Crippen molar-refractivity contribution in [3.63, 3.8) is 0 Å². The van der Waals surface area contributed by atoms with Crippen LogP contribution in [-0.4, -0.2) is 55.2 Å². The highest BCUT2D eigenvalue weighted by Gasteiger charge is 2.29. The van der Waals surface area contributed by atoms with E-state index < -0.39 is 0 Å². The summed E-state index contributed by atoms with van der Waals surface area (Å²) in [5, 5.41) is 11.5. The van der Waals surface area contributed by atoms with Gasteiger partial charge in [0.05, 0.1) is 19.6 Å². The number of hydrogen-bond acceptors (Lipinski definition) is 4. The van der Waals surface area contributed by atoms with E-state index in [1.807, 2.05) is 24.3 Å². The summed E-state index contributed by atoms with van der Waals surface area (Å²) in [5.74, 6) is 0.643. The summed E-state index contributed by atoms with van der Waals surface area (Å²) < 4.78 is 5.13. The molecule has 0 spiro atoms. The van der Waals surface area contributed by atoms with E-state index in [4.69, 9.17) is 9.84 Å². The van der Waals surface area contributed by atoms with Gasteiger partial charge in [0.15, 0.2) is 0 Å². The number of likely N-dealkylation sites (tertiary alicyclic amines) is 1. The van der Waals surface area contributed by atoms with Crippen molar-refractivity contribution in [1.29, 1.82) is 0 Å². The molecule has 2 rings (SSSR count). The minimum Gasteiger partial charge on any atom is -0.497 e. The fraction of sp³-hybridized carbons (Fsp3) is 0.529. The van der Waals surface area contributed by atoms with Gasteiger partial charge in [0.25, 0.3) is 0 Å². The highest BCUT2D eigenvalue weighted by molar-refractivity contribution is 5.83. The smallest absolute Gasteiger partial charge is 0.224 e. The molecule has 0 saturated carbocycles. The molecule has 1 aliphatic heterocycles. The number of methoxy groups -OCH3 is 1. The second kappa shape index (κ2) is 8.53. The molecule has 1 saturated heterocycles. The maximum Gasteiger partial charge on any atom is 0.224 e. The topological polar surface area (TPSA) is 78.9 Å². The van der Waals surface area contributed by atoms with Crippen molar-refractivity contribution >= 4 is 11.8 Å². The van der Waals surface area contributed by atoms with E-state index in [1.165, 1.54) is 0 Å². The van der Waals surface area contributed by atoms with Gasteiger partial charge in [0, 0.05) is 26.1 Å². The van der Waals surface area contributed by atoms with Crippen LogP contribution in [0, 0.1) is 5.92 Å². The van der Waals surface area contributed by atoms with Gasteiger partial charge < -0.3 is 20.1 Å². The zero-order valence-electron chi connectivity index (χ0n) is 13.5. The highest BCUT2D eigenvalue weighted by Crippen LogP contribution is 2.19. The number of piperidine rings is 1. The van der Waals surface area contributed by atoms with Crippen LogP contribution < -0.4 is 10.1 Å². The Kier molecular flexibility index (Phi) is 6.40. The molecule has 6 heteroatoms. The molecular weight excluding hydrogens is 296 g/mol. The molecule has 1 heterocycles. The first-order chi connectivity index (χ1) is 11.1. The number of amides is 2. The number of aliphatic hydroxyl groups is 1. The minimum absolute atomic E-state index is 0.0709. The molecule has 0 aromatic heterocycles. The van der Waals surface area contributed by atoms with Gasteiger partial charge >= 0.3 is 0 Å². The van der Waals surface area contributed by atoms with Crippen molar-refractivity contribution in [2.24, 2.45) is 5.92 Å². The number of benzene rings is 1. The first-order valence-corrected chi connectivity index (χ1v) is 7.93. The van der Waals surface area contributed by atoms with Crippen LogP contribution in [0.2, 0.25) is 0 Å². The number of carbonyl (C=O) groups excluding carboxylic acids is 2. The normalized spacial score (nSPS) is 17.9. The summed E-state index contributed by atoms with van der Waals surface area (Å²) in [5.41, 5.74) is 1.13. The quantitative estimate of drug-likeness (QED) is 0.770. The monoisotopic (exact) mass is 320 g/mol. The molecule has 1 aromatic carbocycles. The van der Waals surface area contributed by atoms with E-state index in [2.05, 4.69) is 5.32 Å². The van der Waals surface area contributed by atoms with E-state index in [0.29, 0.717) is 25.9 Å². The van der Waals surface area contributed by atoms with Gasteiger partial charge in [-0.2, -0.15) is 0 Å². The molecule has 0 aliphatic carbocycles. The van der Waals surface area contributed by atoms with Crippen molar-refractivity contribution in [3.8, 4) is 5.75 Å². The standard InChI is InChI=1S/C17H24N2O4/c1-23-15-5-2-13(3-6-15)8-10-19-12-14(4-7-16(19)21)17(22)18-9-11-20/h2-3,5-6,14,20H,4,7-12H2,1H3,(H,18,22)/t14-/m1/s1. The molecule has 0 radical (unpaired) electrons. The summed E-state index contributed by atoms with van der Waals surface area (Å²) >= 11 is 0. The van der Waals surface area contributed by atoms with Crippen molar-refractivity contribution < 1.29 is 19.4 Å². The molecule has 0 bridgehead atoms. The first kappa shape index (κ1) is 17.3. The molecule has 2 amide bonds. The van der Waals surface area contributed by atoms with E-state index in [9.17, 15) is 9.59 Å². The maximum absolute atomic E-state index is 12.0. The predicted molar refractivity (Wildman–Crippen MR) is 86.1 cm³/mol. The Morgan fingerprint density at radius 2 is 2.13 bits per heavy atom. The molecule has 0 unspecified atom stereocenters. The van der Waals surface area contributed by atoms with Gasteiger partial charge in [-0.25, -0.2) is 0 Å². The summed E-state index contributed by atoms with van der Waals surface area (Å²) in [4.78, 5) is 25.8. The van der Waals surface area contributed by atoms with Gasteiger partial charge in [0.2, 0.25) is 11.8 Å². The van der Waals surface area contributed by atoms with Crippen LogP contribution in [0.3, 0.4) is 0 Å². The van der Waals surface area contributed by atoms with Crippen LogP contribution in [0.1, 0.15) is 18.4 Å². The van der Waals surface area contributed by atoms with E-state index in [-0.39, 0.29) is 30.9 Å². The third-order valence-corrected chi connectivity index (χ3v) is 4.11. The Bertz CT molecular complexity index is 530. The minimum atomic E-state index is -0.185. The lowest BCUT2D eigenvalue weighted by atomic mass is 9.96. The number of ether oxygens (including phenoxy) is 1. The molecule has 1 fully saturated rings. The van der Waals surface area contributed by atoms with Gasteiger partial charge in [-0.1, -0.05) is 12.1 Å². The Morgan fingerprint density at radius 3 is 2.78 bits per heavy atom. The van der Waals surface area contributed by atoms with E-state index >= 15 is 0 Å². The van der Waals surface area contributed by atoms with Crippen molar-refractivity contribution in [3.05, 3.63) is 29.8 Å². The van der Waals surface area contributed by atoms with Gasteiger partial charge in [-0.3, -0.25) is 9.59 Å². The fourth-order valence-electron chi connectivity index (χ4n) is 2.72. The Labute approximate surface area is 136 Å². The summed E-state index contributed by atoms with van der Waals surface area (Å²) in [6.07, 6.45) is 1.73. The average Bonchev–Trinajstić information content (AvgIpc) is 2.59. The molecule has 2 N–H and O–H groups in total. The largest absolute Gasteiger partial charge is 0.497 e. The molecule has 1 atom stereocenters. The molecule has 126 valence electrons. The lowest BCUT2D eigenvalue weighted by Gasteiger charge is -2.32. The number of carbonyl (C=O) groups is 2. The molecule has 1 aromatic rings. The Hall–Kier alpha value is -2.08. The zero-order valence-corrected chi connectivity index (χ0v) is 13.5. The van der Waals surface area contributed by atoms with Crippen LogP contribution in [-0.2, 0) is 16.0 Å². The SMILES string of the molecule is COc1ccc(CCN2C[C@H](C(=O)NCCO)CCC2=O)cc1. The van der Waals surface area contributed by atoms with Crippen molar-refractivity contribution in [2.45, 2.75) is 19.3 Å². The Morgan fingerprint density at radius 1 is 1.39 bits per heavy atom. The fourth-order valence-corrected chi connectivity index (χ4v) is 2.72. The third-order valence-electron chi connectivity index (χ3n) is 4.11. The van der Waals surface area contributed by atoms with Crippen LogP contribution in [0.25, 0.3) is 0 Å². The lowest BCUT2D eigenvalue weighted by molar-refractivity contribution is -0.138. The number of nitrogens with zero attached hydrogens (tertiary/aromatic N) is 1. The van der Waals surface area contributed by atoms with E-state index in [1.54, 1.807) is 12.0 Å². The van der Waals surface area contributed by atoms with Crippen molar-refractivity contribution in [1.82, 2.24) is 10.2 Å². The summed E-state index contributed by atoms with van der Waals surface area (Å²) in [6, 6.07) is 7.77. The third kappa shape index (κ3) is 4.96. The molecule has 1 aliphatic rings. The highest BCUT2D eigenvalue weighted by atomic mass is 16.5. The Balaban J connectivity index is 1.87. The van der Waals surface area contributed by atoms with Crippen LogP contribution in [0.15, 0.2) is 24.3 Å². The average molecular weight is 320 g/mol. The summed E-state index contributed by atoms with van der Waals surface area (Å²) in [6.45, 7) is 1.24. The predicted octanol–water partition coefficient (Wildman–Crippen LogP) is 0.585. The maximum atomic E-state index is 12.0. The zero-order chi connectivity index (χ0) is 16.7. The molecular formula is C17H24N2O4. The van der Waals surface area contributed by atoms with Crippen molar-refractivity contribution in [2.75, 3.05) is 33.4 Å². The van der Waals surface area contributed by atoms with Crippen LogP contribution in [0.4, 0.5) is 0 Å². The molecule has 6 nitrogen and oxygen atoms in total. The number of hydrogen-bond donors (Lipinski definition) is 2. The number of rotatable bonds is 7. The van der Waals surface area contributed by atoms with Crippen LogP contribution >= 0.6 is 0 Å². The number of aliphatic hydroxyl groups excluding tert-OH is 1. The first-order valence-electron chi connectivity index (χ1n) is 7.93. The second-order valence-electron chi connectivity index (χ2n) is 5.69. The summed E-state index contributed by atoms with van der Waals surface area (Å²) in [7, 11) is 1.63. The van der Waals surface area contributed by atoms with Crippen LogP contribution in [0.5, 0.6) is 5.75 Å². The van der Waals surface area contributed by atoms with Gasteiger partial charge in [-0.15, -0.1) is 0 Å². The number of nitrogens with one attached hydrogen (secondary N) is 1.